The summed E-state index contributed by atoms with van der Waals surface area (Å²) in [5.41, 5.74) is 11.8. The molecule has 0 spiro atoms. The Morgan fingerprint density at radius 1 is 0.442 bits per heavy atom. The van der Waals surface area contributed by atoms with E-state index in [1.165, 1.54) is 0 Å². The van der Waals surface area contributed by atoms with Crippen LogP contribution in [-0.2, 0) is 0 Å². The number of pyridine rings is 1. The summed E-state index contributed by atoms with van der Waals surface area (Å²) >= 11 is 0. The average Bonchev–Trinajstić information content (AvgIpc) is 3.73. The fraction of sp³-hybridized carbons (Fsp3) is 0. The summed E-state index contributed by atoms with van der Waals surface area (Å²) < 4.78 is 4.47. The van der Waals surface area contributed by atoms with Crippen LogP contribution in [0.15, 0.2) is 170 Å². The number of para-hydroxylation sites is 2. The van der Waals surface area contributed by atoms with Crippen molar-refractivity contribution in [2.24, 2.45) is 0 Å². The van der Waals surface area contributed by atoms with Gasteiger partial charge in [0.15, 0.2) is 0 Å². The molecule has 0 unspecified atom stereocenters. The van der Waals surface area contributed by atoms with E-state index in [4.69, 9.17) is 9.97 Å². The molecule has 0 aliphatic heterocycles. The molecule has 0 radical (unpaired) electrons. The first-order valence-corrected chi connectivity index (χ1v) is 17.2. The van der Waals surface area contributed by atoms with Crippen LogP contribution in [0.5, 0.6) is 0 Å². The Hall–Kier alpha value is -7.36. The second-order valence-electron chi connectivity index (χ2n) is 12.9. The molecule has 4 heterocycles. The summed E-state index contributed by atoms with van der Waals surface area (Å²) in [6.07, 6.45) is 3.82. The van der Waals surface area contributed by atoms with Gasteiger partial charge < -0.3 is 4.57 Å². The lowest BCUT2D eigenvalue weighted by Gasteiger charge is -2.12. The summed E-state index contributed by atoms with van der Waals surface area (Å²) in [4.78, 5) is 14.8. The van der Waals surface area contributed by atoms with Crippen molar-refractivity contribution in [3.63, 3.8) is 0 Å². The standard InChI is InChI=1S/C46H28N6/c47-28-30-15-17-32(18-16-30)41-27-40(31-9-3-1-4-10-31)49-46(50-41)52-42-14-8-7-13-36(42)37-25-33(20-22-44(37)52)34-19-21-43-38(26-34)39-29-48-24-23-45(39)51(43)35-11-5-2-6-12-35/h1-27,29H. The van der Waals surface area contributed by atoms with Crippen LogP contribution < -0.4 is 0 Å². The molecule has 10 aromatic rings. The van der Waals surface area contributed by atoms with E-state index in [0.29, 0.717) is 11.5 Å². The fourth-order valence-corrected chi connectivity index (χ4v) is 7.42. The summed E-state index contributed by atoms with van der Waals surface area (Å²) in [7, 11) is 0. The van der Waals surface area contributed by atoms with Crippen LogP contribution in [0, 0.1) is 11.3 Å². The SMILES string of the molecule is N#Cc1ccc(-c2cc(-c3ccccc3)nc(-n3c4ccccc4c4cc(-c5ccc6c(c5)c5cnccc5n6-c5ccccc5)ccc43)n2)cc1. The molecule has 10 rings (SSSR count). The molecular formula is C46H28N6. The molecule has 0 N–H and O–H groups in total. The number of hydrogen-bond donors (Lipinski definition) is 0. The summed E-state index contributed by atoms with van der Waals surface area (Å²) in [5.74, 6) is 0.585. The van der Waals surface area contributed by atoms with E-state index in [1.807, 2.05) is 67.0 Å². The minimum atomic E-state index is 0.585. The molecule has 0 saturated heterocycles. The van der Waals surface area contributed by atoms with Crippen LogP contribution in [0.2, 0.25) is 0 Å². The Morgan fingerprint density at radius 3 is 1.71 bits per heavy atom. The molecule has 0 atom stereocenters. The third kappa shape index (κ3) is 4.76. The minimum Gasteiger partial charge on any atom is -0.309 e. The van der Waals surface area contributed by atoms with Gasteiger partial charge in [0, 0.05) is 50.8 Å². The van der Waals surface area contributed by atoms with Gasteiger partial charge in [-0.15, -0.1) is 0 Å². The van der Waals surface area contributed by atoms with Crippen LogP contribution in [0.4, 0.5) is 0 Å². The van der Waals surface area contributed by atoms with Gasteiger partial charge in [-0.25, -0.2) is 9.97 Å². The van der Waals surface area contributed by atoms with Gasteiger partial charge in [0.05, 0.1) is 45.1 Å². The van der Waals surface area contributed by atoms with Crippen LogP contribution in [0.25, 0.3) is 88.9 Å². The zero-order valence-corrected chi connectivity index (χ0v) is 27.8. The van der Waals surface area contributed by atoms with Crippen molar-refractivity contribution < 1.29 is 0 Å². The smallest absolute Gasteiger partial charge is 0.235 e. The maximum Gasteiger partial charge on any atom is 0.235 e. The van der Waals surface area contributed by atoms with Gasteiger partial charge in [0.2, 0.25) is 5.95 Å². The van der Waals surface area contributed by atoms with Crippen molar-refractivity contribution >= 4 is 43.6 Å². The Bertz CT molecular complexity index is 3010. The molecule has 0 aliphatic rings. The predicted octanol–water partition coefficient (Wildman–Crippen LogP) is 10.9. The third-order valence-electron chi connectivity index (χ3n) is 9.88. The maximum atomic E-state index is 9.40. The van der Waals surface area contributed by atoms with Crippen LogP contribution in [-0.4, -0.2) is 24.1 Å². The van der Waals surface area contributed by atoms with Gasteiger partial charge in [-0.1, -0.05) is 91.0 Å². The summed E-state index contributed by atoms with van der Waals surface area (Å²) in [5, 5.41) is 13.9. The second kappa shape index (κ2) is 11.9. The maximum absolute atomic E-state index is 9.40. The molecule has 6 aromatic carbocycles. The molecule has 0 amide bonds. The van der Waals surface area contributed by atoms with Crippen LogP contribution in [0.1, 0.15) is 5.56 Å². The predicted molar refractivity (Wildman–Crippen MR) is 210 cm³/mol. The lowest BCUT2D eigenvalue weighted by molar-refractivity contribution is 0.995. The normalized spacial score (nSPS) is 11.4. The van der Waals surface area contributed by atoms with Crippen LogP contribution >= 0.6 is 0 Å². The van der Waals surface area contributed by atoms with Crippen LogP contribution in [0.3, 0.4) is 0 Å². The first-order chi connectivity index (χ1) is 25.7. The number of aromatic nitrogens is 5. The van der Waals surface area contributed by atoms with Crippen molar-refractivity contribution in [2.45, 2.75) is 0 Å². The van der Waals surface area contributed by atoms with Crippen molar-refractivity contribution in [3.05, 3.63) is 176 Å². The lowest BCUT2D eigenvalue weighted by Crippen LogP contribution is -2.04. The lowest BCUT2D eigenvalue weighted by atomic mass is 10.0. The highest BCUT2D eigenvalue weighted by Gasteiger charge is 2.19. The average molecular weight is 665 g/mol. The highest BCUT2D eigenvalue weighted by Crippen LogP contribution is 2.38. The molecule has 52 heavy (non-hydrogen) atoms. The first kappa shape index (κ1) is 29.5. The van der Waals surface area contributed by atoms with E-state index < -0.39 is 0 Å². The minimum absolute atomic E-state index is 0.585. The van der Waals surface area contributed by atoms with E-state index >= 15 is 0 Å². The largest absolute Gasteiger partial charge is 0.309 e. The van der Waals surface area contributed by atoms with Gasteiger partial charge in [0.25, 0.3) is 0 Å². The molecule has 4 aromatic heterocycles. The van der Waals surface area contributed by atoms with Gasteiger partial charge in [-0.2, -0.15) is 5.26 Å². The zero-order valence-electron chi connectivity index (χ0n) is 27.8. The molecule has 6 heteroatoms. The van der Waals surface area contributed by atoms with Crippen molar-refractivity contribution in [1.29, 1.82) is 5.26 Å². The molecule has 6 nitrogen and oxygen atoms in total. The summed E-state index contributed by atoms with van der Waals surface area (Å²) in [6, 6.07) is 56.4. The van der Waals surface area contributed by atoms with E-state index in [0.717, 1.165) is 82.9 Å². The number of nitriles is 1. The van der Waals surface area contributed by atoms with E-state index in [-0.39, 0.29) is 0 Å². The van der Waals surface area contributed by atoms with Gasteiger partial charge in [0.1, 0.15) is 0 Å². The second-order valence-corrected chi connectivity index (χ2v) is 12.9. The number of hydrogen-bond acceptors (Lipinski definition) is 4. The van der Waals surface area contributed by atoms with Gasteiger partial charge >= 0.3 is 0 Å². The number of benzene rings is 6. The Balaban J connectivity index is 1.16. The monoisotopic (exact) mass is 664 g/mol. The van der Waals surface area contributed by atoms with E-state index in [9.17, 15) is 5.26 Å². The number of nitrogens with zero attached hydrogens (tertiary/aromatic N) is 6. The van der Waals surface area contributed by atoms with Crippen molar-refractivity contribution in [1.82, 2.24) is 24.1 Å². The van der Waals surface area contributed by atoms with Gasteiger partial charge in [-0.05, 0) is 77.9 Å². The summed E-state index contributed by atoms with van der Waals surface area (Å²) in [6.45, 7) is 0. The van der Waals surface area contributed by atoms with Crippen molar-refractivity contribution in [2.75, 3.05) is 0 Å². The highest BCUT2D eigenvalue weighted by molar-refractivity contribution is 6.12. The van der Waals surface area contributed by atoms with Gasteiger partial charge in [-0.3, -0.25) is 9.55 Å². The number of rotatable bonds is 5. The van der Waals surface area contributed by atoms with Crippen molar-refractivity contribution in [3.8, 4) is 51.3 Å². The molecular weight excluding hydrogens is 637 g/mol. The molecule has 0 fully saturated rings. The first-order valence-electron chi connectivity index (χ1n) is 17.2. The number of fused-ring (bicyclic) bond motifs is 6. The van der Waals surface area contributed by atoms with E-state index in [1.54, 1.807) is 0 Å². The fourth-order valence-electron chi connectivity index (χ4n) is 7.42. The molecule has 0 aliphatic carbocycles. The Kier molecular flexibility index (Phi) is 6.76. The Morgan fingerprint density at radius 2 is 1.00 bits per heavy atom. The molecule has 0 bridgehead atoms. The highest BCUT2D eigenvalue weighted by atomic mass is 15.2. The molecule has 242 valence electrons. The third-order valence-corrected chi connectivity index (χ3v) is 9.88. The van der Waals surface area contributed by atoms with E-state index in [2.05, 4.69) is 123 Å². The topological polar surface area (TPSA) is 72.3 Å². The Labute approximate surface area is 299 Å². The molecule has 0 saturated carbocycles. The quantitative estimate of drug-likeness (QED) is 0.184. The zero-order chi connectivity index (χ0) is 34.6.